The molecule has 8 heteroatoms. The molecule has 0 aromatic carbocycles. The van der Waals surface area contributed by atoms with Crippen LogP contribution in [-0.2, 0) is 6.54 Å². The molecule has 0 unspecified atom stereocenters. The summed E-state index contributed by atoms with van der Waals surface area (Å²) < 4.78 is 3.11. The Kier molecular flexibility index (Phi) is 3.98. The molecule has 0 aliphatic carbocycles. The molecule has 0 fully saturated rings. The Morgan fingerprint density at radius 1 is 1.12 bits per heavy atom. The molecule has 1 N–H and O–H groups in total. The first-order valence-electron chi connectivity index (χ1n) is 7.89. The molecule has 0 spiro atoms. The van der Waals surface area contributed by atoms with Gasteiger partial charge in [-0.15, -0.1) is 0 Å². The summed E-state index contributed by atoms with van der Waals surface area (Å²) >= 11 is 0. The van der Waals surface area contributed by atoms with E-state index >= 15 is 0 Å². The van der Waals surface area contributed by atoms with Crippen LogP contribution in [0.4, 0.5) is 5.69 Å². The Morgan fingerprint density at radius 2 is 1.96 bits per heavy atom. The average Bonchev–Trinajstić information content (AvgIpc) is 2.95. The third-order valence-electron chi connectivity index (χ3n) is 3.89. The molecular formula is C18H14N6O2. The highest BCUT2D eigenvalue weighted by Gasteiger charge is 2.25. The predicted octanol–water partition coefficient (Wildman–Crippen LogP) is 0.786. The Labute approximate surface area is 148 Å². The lowest BCUT2D eigenvalue weighted by atomic mass is 10.3. The van der Waals surface area contributed by atoms with Crippen LogP contribution in [0.3, 0.4) is 0 Å². The normalized spacial score (nSPS) is 10.8. The van der Waals surface area contributed by atoms with Crippen molar-refractivity contribution in [1.82, 2.24) is 19.4 Å². The molecule has 4 heterocycles. The summed E-state index contributed by atoms with van der Waals surface area (Å²) in [5.41, 5.74) is 1.93. The van der Waals surface area contributed by atoms with Crippen molar-refractivity contribution < 1.29 is 14.5 Å². The highest BCUT2D eigenvalue weighted by Crippen LogP contribution is 2.17. The van der Waals surface area contributed by atoms with Crippen molar-refractivity contribution in [2.45, 2.75) is 6.54 Å². The Balaban J connectivity index is 1.78. The zero-order valence-electron chi connectivity index (χ0n) is 13.6. The summed E-state index contributed by atoms with van der Waals surface area (Å²) in [6.07, 6.45) is 9.52. The number of hydrogen-bond donors (Lipinski definition) is 1. The van der Waals surface area contributed by atoms with Crippen molar-refractivity contribution in [2.75, 3.05) is 5.32 Å². The van der Waals surface area contributed by atoms with Gasteiger partial charge in [-0.3, -0.25) is 9.78 Å². The van der Waals surface area contributed by atoms with Crippen LogP contribution >= 0.6 is 0 Å². The van der Waals surface area contributed by atoms with Crippen LogP contribution in [0.25, 0.3) is 5.65 Å². The van der Waals surface area contributed by atoms with E-state index in [0.717, 1.165) is 5.56 Å². The summed E-state index contributed by atoms with van der Waals surface area (Å²) in [6.45, 7) is 0.271. The van der Waals surface area contributed by atoms with Gasteiger partial charge >= 0.3 is 0 Å². The van der Waals surface area contributed by atoms with Crippen LogP contribution in [0.2, 0.25) is 0 Å². The van der Waals surface area contributed by atoms with Crippen LogP contribution < -0.4 is 15.0 Å². The first-order valence-corrected chi connectivity index (χ1v) is 7.89. The number of fused-ring (bicyclic) bond motifs is 1. The second-order valence-electron chi connectivity index (χ2n) is 5.61. The van der Waals surface area contributed by atoms with E-state index < -0.39 is 5.91 Å². The SMILES string of the molecule is O=C(Nc1cccnc1)c1c([O-])[n+](Cc2cncnc2)c2ccccn12. The monoisotopic (exact) mass is 346 g/mol. The smallest absolute Gasteiger partial charge is 0.299 e. The fourth-order valence-corrected chi connectivity index (χ4v) is 2.76. The van der Waals surface area contributed by atoms with E-state index in [-0.39, 0.29) is 18.1 Å². The van der Waals surface area contributed by atoms with E-state index in [1.165, 1.54) is 17.1 Å². The van der Waals surface area contributed by atoms with Gasteiger partial charge in [0.1, 0.15) is 18.8 Å². The maximum absolute atomic E-state index is 12.9. The van der Waals surface area contributed by atoms with Crippen molar-refractivity contribution in [3.05, 3.63) is 78.9 Å². The van der Waals surface area contributed by atoms with Crippen molar-refractivity contribution >= 4 is 17.2 Å². The van der Waals surface area contributed by atoms with E-state index in [1.54, 1.807) is 53.5 Å². The third-order valence-corrected chi connectivity index (χ3v) is 3.89. The van der Waals surface area contributed by atoms with Gasteiger partial charge in [0.15, 0.2) is 0 Å². The first kappa shape index (κ1) is 15.7. The van der Waals surface area contributed by atoms with Crippen LogP contribution in [0, 0.1) is 0 Å². The number of carbonyl (C=O) groups is 1. The summed E-state index contributed by atoms with van der Waals surface area (Å²) in [4.78, 5) is 24.6. The van der Waals surface area contributed by atoms with E-state index in [1.807, 2.05) is 6.07 Å². The van der Waals surface area contributed by atoms with Gasteiger partial charge in [0.2, 0.25) is 5.69 Å². The van der Waals surface area contributed by atoms with Crippen molar-refractivity contribution in [1.29, 1.82) is 0 Å². The molecule has 8 nitrogen and oxygen atoms in total. The van der Waals surface area contributed by atoms with E-state index in [9.17, 15) is 9.90 Å². The number of anilines is 1. The van der Waals surface area contributed by atoms with Crippen molar-refractivity contribution in [3.8, 4) is 5.88 Å². The molecule has 0 radical (unpaired) electrons. The van der Waals surface area contributed by atoms with Crippen LogP contribution in [0.5, 0.6) is 5.88 Å². The van der Waals surface area contributed by atoms with Crippen LogP contribution in [0.15, 0.2) is 67.6 Å². The lowest BCUT2D eigenvalue weighted by Gasteiger charge is -2.07. The first-order chi connectivity index (χ1) is 12.7. The van der Waals surface area contributed by atoms with Gasteiger partial charge in [0, 0.05) is 30.2 Å². The summed E-state index contributed by atoms with van der Waals surface area (Å²) in [5.74, 6) is -0.881. The number of carbonyl (C=O) groups excluding carboxylic acids is 1. The summed E-state index contributed by atoms with van der Waals surface area (Å²) in [6, 6.07) is 8.78. The maximum Gasteiger partial charge on any atom is 0.299 e. The van der Waals surface area contributed by atoms with E-state index in [4.69, 9.17) is 0 Å². The fourth-order valence-electron chi connectivity index (χ4n) is 2.76. The topological polar surface area (TPSA) is 99.1 Å². The molecule has 0 atom stereocenters. The molecule has 4 rings (SSSR count). The molecule has 0 saturated carbocycles. The number of rotatable bonds is 4. The number of aromatic nitrogens is 5. The highest BCUT2D eigenvalue weighted by molar-refractivity contribution is 6.04. The molecular weight excluding hydrogens is 332 g/mol. The number of nitrogens with zero attached hydrogens (tertiary/aromatic N) is 5. The van der Waals surface area contributed by atoms with Gasteiger partial charge in [0.25, 0.3) is 11.6 Å². The minimum atomic E-state index is -0.493. The second kappa shape index (κ2) is 6.60. The number of hydrogen-bond acceptors (Lipinski definition) is 5. The molecule has 4 aromatic rings. The number of nitrogens with one attached hydrogen (secondary N) is 1. The second-order valence-corrected chi connectivity index (χ2v) is 5.61. The van der Waals surface area contributed by atoms with Crippen molar-refractivity contribution in [3.63, 3.8) is 0 Å². The van der Waals surface area contributed by atoms with Gasteiger partial charge in [-0.1, -0.05) is 6.07 Å². The molecule has 0 bridgehead atoms. The highest BCUT2D eigenvalue weighted by atomic mass is 16.3. The summed E-state index contributed by atoms with van der Waals surface area (Å²) in [5, 5.41) is 15.7. The molecule has 26 heavy (non-hydrogen) atoms. The molecule has 1 amide bonds. The minimum Gasteiger partial charge on any atom is -0.839 e. The largest absolute Gasteiger partial charge is 0.839 e. The zero-order chi connectivity index (χ0) is 17.9. The van der Waals surface area contributed by atoms with E-state index in [0.29, 0.717) is 11.3 Å². The van der Waals surface area contributed by atoms with Crippen molar-refractivity contribution in [2.24, 2.45) is 0 Å². The lowest BCUT2D eigenvalue weighted by Crippen LogP contribution is -2.37. The Morgan fingerprint density at radius 3 is 2.73 bits per heavy atom. The van der Waals surface area contributed by atoms with Gasteiger partial charge in [0.05, 0.1) is 18.1 Å². The minimum absolute atomic E-state index is 0.0290. The maximum atomic E-state index is 12.9. The summed E-state index contributed by atoms with van der Waals surface area (Å²) in [7, 11) is 0. The van der Waals surface area contributed by atoms with Crippen LogP contribution in [0.1, 0.15) is 16.1 Å². The lowest BCUT2D eigenvalue weighted by molar-refractivity contribution is -0.704. The Bertz CT molecular complexity index is 1060. The molecule has 0 saturated heterocycles. The number of amides is 1. The standard InChI is InChI=1S/C18H14N6O2/c25-17(22-14-4-3-6-19-10-14)16-18(26)24(11-13-8-20-12-21-9-13)15-5-1-2-7-23(15)16/h1-10,12H,11H2,(H-,22,25,26). The molecule has 0 aliphatic heterocycles. The quantitative estimate of drug-likeness (QED) is 0.551. The van der Waals surface area contributed by atoms with Gasteiger partial charge < -0.3 is 10.4 Å². The van der Waals surface area contributed by atoms with Gasteiger partial charge in [-0.25, -0.2) is 14.5 Å². The zero-order valence-corrected chi connectivity index (χ0v) is 13.6. The molecule has 128 valence electrons. The average molecular weight is 346 g/mol. The van der Waals surface area contributed by atoms with Crippen LogP contribution in [-0.4, -0.2) is 25.3 Å². The molecule has 0 aliphatic rings. The third kappa shape index (κ3) is 2.84. The molecule has 4 aromatic heterocycles. The predicted molar refractivity (Wildman–Crippen MR) is 90.4 cm³/mol. The number of imidazole rings is 1. The fraction of sp³-hybridized carbons (Fsp3) is 0.0556. The van der Waals surface area contributed by atoms with Gasteiger partial charge in [-0.2, -0.15) is 4.40 Å². The van der Waals surface area contributed by atoms with E-state index in [2.05, 4.69) is 20.3 Å². The Hall–Kier alpha value is -3.81. The number of pyridine rings is 2. The van der Waals surface area contributed by atoms with Gasteiger partial charge in [-0.05, 0) is 18.2 Å².